The molecule has 0 radical (unpaired) electrons. The first-order valence-electron chi connectivity index (χ1n) is 5.96. The summed E-state index contributed by atoms with van der Waals surface area (Å²) >= 11 is 0. The number of rotatable bonds is 3. The molecule has 17 heavy (non-hydrogen) atoms. The van der Waals surface area contributed by atoms with Gasteiger partial charge in [0.1, 0.15) is 0 Å². The number of benzene rings is 1. The number of carbonyl (C=O) groups is 1. The third-order valence-corrected chi connectivity index (χ3v) is 2.68. The first-order valence-corrected chi connectivity index (χ1v) is 5.96. The molecule has 0 spiro atoms. The minimum absolute atomic E-state index is 0.188. The van der Waals surface area contributed by atoms with Gasteiger partial charge in [0, 0.05) is 11.9 Å². The molecule has 1 fully saturated rings. The molecular formula is C14H18N2O. The molecule has 90 valence electrons. The summed E-state index contributed by atoms with van der Waals surface area (Å²) in [7, 11) is 0. The van der Waals surface area contributed by atoms with E-state index in [0.29, 0.717) is 5.92 Å². The van der Waals surface area contributed by atoms with Crippen LogP contribution >= 0.6 is 0 Å². The zero-order chi connectivity index (χ0) is 12.3. The maximum absolute atomic E-state index is 11.6. The van der Waals surface area contributed by atoms with Crippen LogP contribution in [-0.4, -0.2) is 6.03 Å². The zero-order valence-electron chi connectivity index (χ0n) is 10.3. The first-order chi connectivity index (χ1) is 8.13. The Hall–Kier alpha value is -1.77. The van der Waals surface area contributed by atoms with Crippen molar-refractivity contribution in [2.45, 2.75) is 26.7 Å². The smallest absolute Gasteiger partial charge is 0.315 e. The van der Waals surface area contributed by atoms with Gasteiger partial charge in [0.2, 0.25) is 0 Å². The summed E-state index contributed by atoms with van der Waals surface area (Å²) in [6.07, 6.45) is 6.27. The Labute approximate surface area is 102 Å². The van der Waals surface area contributed by atoms with Gasteiger partial charge in [-0.05, 0) is 55.9 Å². The van der Waals surface area contributed by atoms with Crippen molar-refractivity contribution in [1.29, 1.82) is 0 Å². The Morgan fingerprint density at radius 2 is 1.88 bits per heavy atom. The van der Waals surface area contributed by atoms with Gasteiger partial charge in [-0.3, -0.25) is 0 Å². The predicted molar refractivity (Wildman–Crippen MR) is 69.9 cm³/mol. The monoisotopic (exact) mass is 230 g/mol. The van der Waals surface area contributed by atoms with Crippen LogP contribution in [0.2, 0.25) is 0 Å². The predicted octanol–water partition coefficient (Wildman–Crippen LogP) is 3.35. The fraction of sp³-hybridized carbons (Fsp3) is 0.357. The van der Waals surface area contributed by atoms with Gasteiger partial charge in [-0.25, -0.2) is 4.79 Å². The van der Waals surface area contributed by atoms with E-state index in [1.165, 1.54) is 12.8 Å². The van der Waals surface area contributed by atoms with E-state index in [1.54, 1.807) is 6.20 Å². The number of hydrogen-bond donors (Lipinski definition) is 2. The molecular weight excluding hydrogens is 212 g/mol. The highest BCUT2D eigenvalue weighted by molar-refractivity contribution is 5.90. The Kier molecular flexibility index (Phi) is 3.47. The van der Waals surface area contributed by atoms with Gasteiger partial charge in [0.15, 0.2) is 0 Å². The summed E-state index contributed by atoms with van der Waals surface area (Å²) in [6, 6.07) is 5.80. The number of urea groups is 1. The number of aryl methyl sites for hydroxylation is 2. The zero-order valence-corrected chi connectivity index (χ0v) is 10.3. The van der Waals surface area contributed by atoms with Crippen molar-refractivity contribution in [2.75, 3.05) is 5.32 Å². The van der Waals surface area contributed by atoms with Crippen LogP contribution in [0, 0.1) is 19.8 Å². The molecule has 2 amide bonds. The minimum Gasteiger partial charge on any atom is -0.315 e. The summed E-state index contributed by atoms with van der Waals surface area (Å²) in [5, 5.41) is 5.53. The van der Waals surface area contributed by atoms with Crippen molar-refractivity contribution in [3.05, 3.63) is 41.6 Å². The highest BCUT2D eigenvalue weighted by Gasteiger charge is 2.17. The standard InChI is InChI=1S/C14H18N2O/c1-10-7-11(2)9-13(8-10)16-14(17)15-6-5-12-3-4-12/h5-9,12H,3-4H2,1-2H3,(H2,15,16,17)/b6-5+. The van der Waals surface area contributed by atoms with Gasteiger partial charge in [-0.15, -0.1) is 0 Å². The van der Waals surface area contributed by atoms with E-state index in [1.807, 2.05) is 32.1 Å². The maximum atomic E-state index is 11.6. The van der Waals surface area contributed by atoms with Crippen LogP contribution in [0.25, 0.3) is 0 Å². The van der Waals surface area contributed by atoms with E-state index in [4.69, 9.17) is 0 Å². The Morgan fingerprint density at radius 3 is 2.47 bits per heavy atom. The number of anilines is 1. The molecule has 3 heteroatoms. The number of allylic oxidation sites excluding steroid dienone is 1. The van der Waals surface area contributed by atoms with Crippen molar-refractivity contribution >= 4 is 11.7 Å². The van der Waals surface area contributed by atoms with E-state index in [-0.39, 0.29) is 6.03 Å². The van der Waals surface area contributed by atoms with E-state index < -0.39 is 0 Å². The highest BCUT2D eigenvalue weighted by Crippen LogP contribution is 2.29. The van der Waals surface area contributed by atoms with Crippen LogP contribution in [0.4, 0.5) is 10.5 Å². The maximum Gasteiger partial charge on any atom is 0.323 e. The fourth-order valence-electron chi connectivity index (χ4n) is 1.76. The van der Waals surface area contributed by atoms with Gasteiger partial charge in [0.05, 0.1) is 0 Å². The summed E-state index contributed by atoms with van der Waals surface area (Å²) < 4.78 is 0. The van der Waals surface area contributed by atoms with E-state index in [9.17, 15) is 4.79 Å². The van der Waals surface area contributed by atoms with Crippen molar-refractivity contribution in [3.8, 4) is 0 Å². The molecule has 0 aliphatic heterocycles. The van der Waals surface area contributed by atoms with E-state index in [0.717, 1.165) is 16.8 Å². The molecule has 0 unspecified atom stereocenters. The van der Waals surface area contributed by atoms with Crippen molar-refractivity contribution in [3.63, 3.8) is 0 Å². The fourth-order valence-corrected chi connectivity index (χ4v) is 1.76. The summed E-state index contributed by atoms with van der Waals surface area (Å²) in [6.45, 7) is 4.03. The Bertz CT molecular complexity index is 427. The lowest BCUT2D eigenvalue weighted by Gasteiger charge is -2.06. The van der Waals surface area contributed by atoms with Gasteiger partial charge in [-0.1, -0.05) is 12.1 Å². The molecule has 0 aromatic heterocycles. The third-order valence-electron chi connectivity index (χ3n) is 2.68. The molecule has 1 aromatic carbocycles. The summed E-state index contributed by atoms with van der Waals surface area (Å²) in [5.41, 5.74) is 3.13. The molecule has 0 bridgehead atoms. The van der Waals surface area contributed by atoms with Crippen LogP contribution < -0.4 is 10.6 Å². The molecule has 2 rings (SSSR count). The second kappa shape index (κ2) is 5.04. The number of nitrogens with one attached hydrogen (secondary N) is 2. The highest BCUT2D eigenvalue weighted by atomic mass is 16.2. The van der Waals surface area contributed by atoms with Crippen molar-refractivity contribution in [2.24, 2.45) is 5.92 Å². The molecule has 2 N–H and O–H groups in total. The molecule has 1 saturated carbocycles. The molecule has 0 saturated heterocycles. The van der Waals surface area contributed by atoms with Gasteiger partial charge in [0.25, 0.3) is 0 Å². The molecule has 0 atom stereocenters. The topological polar surface area (TPSA) is 41.1 Å². The SMILES string of the molecule is Cc1cc(C)cc(NC(=O)N/C=C/C2CC2)c1. The average Bonchev–Trinajstić information content (AvgIpc) is 2.99. The van der Waals surface area contributed by atoms with Crippen LogP contribution in [0.1, 0.15) is 24.0 Å². The van der Waals surface area contributed by atoms with Gasteiger partial charge < -0.3 is 10.6 Å². The van der Waals surface area contributed by atoms with Gasteiger partial charge in [-0.2, -0.15) is 0 Å². The molecule has 1 aromatic rings. The average molecular weight is 230 g/mol. The largest absolute Gasteiger partial charge is 0.323 e. The number of carbonyl (C=O) groups excluding carboxylic acids is 1. The molecule has 3 nitrogen and oxygen atoms in total. The lowest BCUT2D eigenvalue weighted by molar-refractivity contribution is 0.255. The second-order valence-electron chi connectivity index (χ2n) is 4.67. The first kappa shape index (κ1) is 11.7. The third kappa shape index (κ3) is 3.94. The van der Waals surface area contributed by atoms with E-state index >= 15 is 0 Å². The Morgan fingerprint density at radius 1 is 1.24 bits per heavy atom. The summed E-state index contributed by atoms with van der Waals surface area (Å²) in [5.74, 6) is 0.677. The summed E-state index contributed by atoms with van der Waals surface area (Å²) in [4.78, 5) is 11.6. The van der Waals surface area contributed by atoms with E-state index in [2.05, 4.69) is 16.7 Å². The minimum atomic E-state index is -0.188. The Balaban J connectivity index is 1.88. The normalized spacial score (nSPS) is 14.9. The van der Waals surface area contributed by atoms with Crippen molar-refractivity contribution < 1.29 is 4.79 Å². The molecule has 1 aliphatic carbocycles. The van der Waals surface area contributed by atoms with Crippen LogP contribution in [-0.2, 0) is 0 Å². The van der Waals surface area contributed by atoms with Gasteiger partial charge >= 0.3 is 6.03 Å². The van der Waals surface area contributed by atoms with Crippen LogP contribution in [0.15, 0.2) is 30.5 Å². The van der Waals surface area contributed by atoms with Crippen LogP contribution in [0.5, 0.6) is 0 Å². The number of hydrogen-bond acceptors (Lipinski definition) is 1. The lowest BCUT2D eigenvalue weighted by atomic mass is 10.1. The molecule has 1 aliphatic rings. The van der Waals surface area contributed by atoms with Crippen LogP contribution in [0.3, 0.4) is 0 Å². The quantitative estimate of drug-likeness (QED) is 0.821. The second-order valence-corrected chi connectivity index (χ2v) is 4.67. The van der Waals surface area contributed by atoms with Crippen molar-refractivity contribution in [1.82, 2.24) is 5.32 Å². The molecule has 0 heterocycles. The lowest BCUT2D eigenvalue weighted by Crippen LogP contribution is -2.23. The number of amides is 2.